The zero-order valence-corrected chi connectivity index (χ0v) is 23.8. The number of rotatable bonds is 9. The zero-order valence-electron chi connectivity index (χ0n) is 23.0. The molecule has 42 heavy (non-hydrogen) atoms. The van der Waals surface area contributed by atoms with E-state index in [0.29, 0.717) is 35.4 Å². The molecule has 1 amide bonds. The number of alkyl halides is 3. The van der Waals surface area contributed by atoms with Crippen molar-refractivity contribution in [1.29, 1.82) is 0 Å². The zero-order chi connectivity index (χ0) is 29.9. The van der Waals surface area contributed by atoms with Crippen molar-refractivity contribution in [3.05, 3.63) is 65.3 Å². The Morgan fingerprint density at radius 3 is 2.60 bits per heavy atom. The van der Waals surface area contributed by atoms with Crippen LogP contribution in [-0.4, -0.2) is 58.7 Å². The van der Waals surface area contributed by atoms with Crippen LogP contribution < -0.4 is 15.4 Å². The Hall–Kier alpha value is -3.87. The number of halogens is 4. The van der Waals surface area contributed by atoms with Crippen LogP contribution in [0.4, 0.5) is 30.6 Å². The van der Waals surface area contributed by atoms with Gasteiger partial charge in [-0.2, -0.15) is 13.2 Å². The summed E-state index contributed by atoms with van der Waals surface area (Å²) in [7, 11) is 3.42. The number of aryl methyl sites for hydroxylation is 1. The predicted octanol–water partition coefficient (Wildman–Crippen LogP) is 6.47. The summed E-state index contributed by atoms with van der Waals surface area (Å²) in [5, 5.41) is 5.93. The van der Waals surface area contributed by atoms with E-state index in [4.69, 9.17) is 21.1 Å². The maximum Gasteiger partial charge on any atom is 0.416 e. The third-order valence-corrected chi connectivity index (χ3v) is 7.51. The molecule has 0 radical (unpaired) electrons. The van der Waals surface area contributed by atoms with E-state index in [2.05, 4.69) is 25.5 Å². The van der Waals surface area contributed by atoms with Crippen LogP contribution in [0, 0.1) is 5.92 Å². The van der Waals surface area contributed by atoms with Crippen LogP contribution in [0.25, 0.3) is 11.0 Å². The Morgan fingerprint density at radius 1 is 1.10 bits per heavy atom. The molecule has 9 nitrogen and oxygen atoms in total. The number of hydrogen-bond acceptors (Lipinski definition) is 7. The molecule has 2 aromatic heterocycles. The quantitative estimate of drug-likeness (QED) is 0.227. The fraction of sp³-hybridized carbons (Fsp3) is 0.345. The fourth-order valence-corrected chi connectivity index (χ4v) is 4.98. The van der Waals surface area contributed by atoms with Crippen LogP contribution in [0.3, 0.4) is 0 Å². The summed E-state index contributed by atoms with van der Waals surface area (Å²) in [5.74, 6) is 1.50. The molecule has 3 heterocycles. The van der Waals surface area contributed by atoms with Gasteiger partial charge in [0, 0.05) is 44.9 Å². The first-order valence-electron chi connectivity index (χ1n) is 13.4. The van der Waals surface area contributed by atoms with E-state index in [0.717, 1.165) is 50.1 Å². The number of pyridine rings is 1. The van der Waals surface area contributed by atoms with Gasteiger partial charge >= 0.3 is 6.18 Å². The number of amides is 1. The molecule has 0 aliphatic carbocycles. The summed E-state index contributed by atoms with van der Waals surface area (Å²) >= 11 is 6.15. The molecule has 0 saturated carbocycles. The number of carbonyl (C=O) groups is 1. The highest BCUT2D eigenvalue weighted by Gasteiger charge is 2.31. The van der Waals surface area contributed by atoms with Gasteiger partial charge in [-0.05, 0) is 62.3 Å². The number of nitrogens with zero attached hydrogens (tertiary/aromatic N) is 4. The van der Waals surface area contributed by atoms with Gasteiger partial charge in [0.25, 0.3) is 0 Å². The molecule has 4 aromatic rings. The smallest absolute Gasteiger partial charge is 0.416 e. The Bertz CT molecular complexity index is 1570. The van der Waals surface area contributed by atoms with Crippen molar-refractivity contribution in [2.45, 2.75) is 19.0 Å². The largest absolute Gasteiger partial charge is 0.457 e. The van der Waals surface area contributed by atoms with Crippen molar-refractivity contribution in [2.24, 2.45) is 13.0 Å². The average molecular weight is 603 g/mol. The van der Waals surface area contributed by atoms with Crippen molar-refractivity contribution in [1.82, 2.24) is 19.4 Å². The highest BCUT2D eigenvalue weighted by Crippen LogP contribution is 2.36. The second kappa shape index (κ2) is 12.6. The van der Waals surface area contributed by atoms with Crippen molar-refractivity contribution in [3.63, 3.8) is 0 Å². The monoisotopic (exact) mass is 602 g/mol. The molecular weight excluding hydrogens is 573 g/mol. The number of anilines is 3. The van der Waals surface area contributed by atoms with Gasteiger partial charge in [-0.15, -0.1) is 0 Å². The van der Waals surface area contributed by atoms with E-state index in [1.807, 2.05) is 0 Å². The first-order chi connectivity index (χ1) is 20.1. The molecule has 0 spiro atoms. The van der Waals surface area contributed by atoms with Crippen molar-refractivity contribution >= 4 is 46.0 Å². The molecule has 222 valence electrons. The van der Waals surface area contributed by atoms with Gasteiger partial charge in [-0.3, -0.25) is 4.79 Å². The molecule has 1 fully saturated rings. The van der Waals surface area contributed by atoms with Crippen LogP contribution in [-0.2, 0) is 22.8 Å². The van der Waals surface area contributed by atoms with E-state index < -0.39 is 11.7 Å². The third-order valence-electron chi connectivity index (χ3n) is 7.18. The van der Waals surface area contributed by atoms with Crippen LogP contribution >= 0.6 is 11.6 Å². The number of piperidine rings is 1. The van der Waals surface area contributed by atoms with Crippen LogP contribution in [0.5, 0.6) is 11.5 Å². The minimum absolute atomic E-state index is 0.0677. The first kappa shape index (κ1) is 29.6. The second-order valence-corrected chi connectivity index (χ2v) is 10.4. The van der Waals surface area contributed by atoms with Gasteiger partial charge < -0.3 is 29.6 Å². The summed E-state index contributed by atoms with van der Waals surface area (Å²) in [6.07, 6.45) is -1.41. The molecular formula is C29H30ClF3N6O3. The lowest BCUT2D eigenvalue weighted by molar-refractivity contribution is -0.137. The Balaban J connectivity index is 1.25. The Morgan fingerprint density at radius 2 is 1.86 bits per heavy atom. The third kappa shape index (κ3) is 6.94. The number of ether oxygens (including phenoxy) is 2. The van der Waals surface area contributed by atoms with Gasteiger partial charge in [0.2, 0.25) is 11.9 Å². The van der Waals surface area contributed by atoms with Gasteiger partial charge in [0.15, 0.2) is 0 Å². The van der Waals surface area contributed by atoms with E-state index in [9.17, 15) is 18.0 Å². The molecule has 1 aliphatic rings. The Labute approximate surface area is 245 Å². The van der Waals surface area contributed by atoms with E-state index >= 15 is 0 Å². The molecule has 2 aromatic carbocycles. The maximum atomic E-state index is 13.2. The minimum Gasteiger partial charge on any atom is -0.457 e. The molecule has 0 bridgehead atoms. The number of fused-ring (bicyclic) bond motifs is 1. The first-order valence-corrected chi connectivity index (χ1v) is 13.7. The molecule has 0 atom stereocenters. The van der Waals surface area contributed by atoms with Gasteiger partial charge in [0.05, 0.1) is 33.9 Å². The lowest BCUT2D eigenvalue weighted by Crippen LogP contribution is -2.39. The highest BCUT2D eigenvalue weighted by atomic mass is 35.5. The van der Waals surface area contributed by atoms with Crippen LogP contribution in [0.15, 0.2) is 54.7 Å². The van der Waals surface area contributed by atoms with Crippen molar-refractivity contribution < 1.29 is 27.4 Å². The average Bonchev–Trinajstić information content (AvgIpc) is 3.26. The number of benzene rings is 2. The summed E-state index contributed by atoms with van der Waals surface area (Å²) < 4.78 is 52.4. The van der Waals surface area contributed by atoms with Crippen LogP contribution in [0.2, 0.25) is 5.02 Å². The standard InChI is InChI=1S/C29H30ClF3N6O3/c1-38-25-6-4-20(16-24(25)36-28(38)35-23-15-19(29(31,32)33)3-5-22(23)30)42-21-7-10-34-26(17-21)37-27(40)18-8-11-39(12-9-18)13-14-41-2/h3-7,10,15-18H,8-9,11-14H2,1-2H3,(H,35,36)(H,34,37,40). The highest BCUT2D eigenvalue weighted by molar-refractivity contribution is 6.33. The predicted molar refractivity (Wildman–Crippen MR) is 154 cm³/mol. The molecule has 2 N–H and O–H groups in total. The fourth-order valence-electron chi connectivity index (χ4n) is 4.82. The summed E-state index contributed by atoms with van der Waals surface area (Å²) in [4.78, 5) is 23.9. The SMILES string of the molecule is COCCN1CCC(C(=O)Nc2cc(Oc3ccc4c(c3)nc(Nc3cc(C(F)(F)F)ccc3Cl)n4C)ccn2)CC1. The van der Waals surface area contributed by atoms with Gasteiger partial charge in [-0.25, -0.2) is 9.97 Å². The molecule has 1 saturated heterocycles. The number of carbonyl (C=O) groups excluding carboxylic acids is 1. The lowest BCUT2D eigenvalue weighted by atomic mass is 9.96. The Kier molecular flexibility index (Phi) is 8.85. The van der Waals surface area contributed by atoms with E-state index in [-0.39, 0.29) is 22.5 Å². The molecule has 5 rings (SSSR count). The molecule has 13 heteroatoms. The topological polar surface area (TPSA) is 93.5 Å². The molecule has 1 aliphatic heterocycles. The summed E-state index contributed by atoms with van der Waals surface area (Å²) in [5.41, 5.74) is 0.549. The number of nitrogens with one attached hydrogen (secondary N) is 2. The van der Waals surface area contributed by atoms with E-state index in [1.165, 1.54) is 6.07 Å². The van der Waals surface area contributed by atoms with E-state index in [1.54, 1.807) is 55.3 Å². The number of hydrogen-bond donors (Lipinski definition) is 2. The van der Waals surface area contributed by atoms with Crippen molar-refractivity contribution in [2.75, 3.05) is 44.0 Å². The number of methoxy groups -OCH3 is 1. The number of imidazole rings is 1. The summed E-state index contributed by atoms with van der Waals surface area (Å²) in [6.45, 7) is 3.22. The number of aromatic nitrogens is 3. The van der Waals surface area contributed by atoms with Crippen molar-refractivity contribution in [3.8, 4) is 11.5 Å². The second-order valence-electron chi connectivity index (χ2n) is 10.0. The lowest BCUT2D eigenvalue weighted by Gasteiger charge is -2.30. The maximum absolute atomic E-state index is 13.2. The van der Waals surface area contributed by atoms with Gasteiger partial charge in [-0.1, -0.05) is 11.6 Å². The summed E-state index contributed by atoms with van der Waals surface area (Å²) in [6, 6.07) is 11.6. The normalized spacial score (nSPS) is 14.7. The molecule has 0 unspecified atom stereocenters. The van der Waals surface area contributed by atoms with Crippen LogP contribution in [0.1, 0.15) is 18.4 Å². The van der Waals surface area contributed by atoms with Gasteiger partial charge in [0.1, 0.15) is 17.3 Å². The number of likely N-dealkylation sites (tertiary alicyclic amines) is 1. The minimum atomic E-state index is -4.50.